The first-order valence-electron chi connectivity index (χ1n) is 22.2. The summed E-state index contributed by atoms with van der Waals surface area (Å²) in [6, 6.07) is 9.34. The summed E-state index contributed by atoms with van der Waals surface area (Å²) in [6.07, 6.45) is 7.42. The number of amides is 3. The maximum absolute atomic E-state index is 14.7. The molecule has 1 saturated heterocycles. The summed E-state index contributed by atoms with van der Waals surface area (Å²) in [5, 5.41) is 18.2. The molecule has 0 spiro atoms. The Morgan fingerprint density at radius 2 is 1.79 bits per heavy atom. The summed E-state index contributed by atoms with van der Waals surface area (Å²) >= 11 is 1.45. The molecule has 0 saturated carbocycles. The molecule has 17 heteroatoms. The number of anilines is 4. The number of aromatic nitrogens is 3. The van der Waals surface area contributed by atoms with Gasteiger partial charge in [-0.1, -0.05) is 0 Å². The number of carbonyl (C=O) groups excluding carboxylic acids is 3. The maximum Gasteiger partial charge on any atom is 0.264 e. The Kier molecular flexibility index (Phi) is 15.1. The van der Waals surface area contributed by atoms with Gasteiger partial charge in [-0.2, -0.15) is 5.10 Å². The molecule has 0 bridgehead atoms. The summed E-state index contributed by atoms with van der Waals surface area (Å²) in [5.41, 5.74) is 13.3. The SMILES string of the molecule is CN/C=C(\CN)c1cc2c(cc1C(F)F)N(c1nn(C3CCN(CC(=O)NCCCCCNc4ccc(C(=O)Nc5ncc(C)s5)c(C)c4)CC3)c3c1CN(C(C)=O)CC3)CCC2. The fraction of sp³-hybridized carbons (Fsp3) is 0.500. The highest BCUT2D eigenvalue weighted by Crippen LogP contribution is 2.43. The first-order chi connectivity index (χ1) is 30.4. The predicted molar refractivity (Wildman–Crippen MR) is 246 cm³/mol. The van der Waals surface area contributed by atoms with Gasteiger partial charge in [0.05, 0.1) is 19.1 Å². The number of carbonyl (C=O) groups is 3. The molecule has 5 heterocycles. The van der Waals surface area contributed by atoms with Crippen molar-refractivity contribution in [3.8, 4) is 0 Å². The molecule has 338 valence electrons. The second-order valence-electron chi connectivity index (χ2n) is 16.8. The number of hydrogen-bond donors (Lipinski definition) is 5. The van der Waals surface area contributed by atoms with E-state index >= 15 is 0 Å². The number of rotatable bonds is 17. The van der Waals surface area contributed by atoms with Gasteiger partial charge in [0.1, 0.15) is 0 Å². The second-order valence-corrected chi connectivity index (χ2v) is 18.0. The van der Waals surface area contributed by atoms with E-state index in [0.29, 0.717) is 61.0 Å². The number of benzene rings is 2. The molecule has 7 rings (SSSR count). The first-order valence-corrected chi connectivity index (χ1v) is 23.0. The average Bonchev–Trinajstić information content (AvgIpc) is 3.86. The molecule has 2 aromatic carbocycles. The van der Waals surface area contributed by atoms with E-state index in [1.165, 1.54) is 11.3 Å². The van der Waals surface area contributed by atoms with Crippen molar-refractivity contribution in [3.05, 3.63) is 86.7 Å². The second kappa shape index (κ2) is 20.9. The van der Waals surface area contributed by atoms with Crippen molar-refractivity contribution in [2.75, 3.05) is 74.9 Å². The predicted octanol–water partition coefficient (Wildman–Crippen LogP) is 6.69. The van der Waals surface area contributed by atoms with Crippen LogP contribution in [-0.2, 0) is 29.0 Å². The molecule has 2 aromatic heterocycles. The molecule has 3 amide bonds. The lowest BCUT2D eigenvalue weighted by atomic mass is 9.91. The Hall–Kier alpha value is -5.39. The number of piperidine rings is 1. The van der Waals surface area contributed by atoms with E-state index < -0.39 is 6.43 Å². The van der Waals surface area contributed by atoms with Crippen molar-refractivity contribution in [3.63, 3.8) is 0 Å². The van der Waals surface area contributed by atoms with Gasteiger partial charge in [0.25, 0.3) is 12.3 Å². The van der Waals surface area contributed by atoms with Crippen molar-refractivity contribution in [1.82, 2.24) is 35.2 Å². The number of thiazole rings is 1. The first kappa shape index (κ1) is 45.6. The largest absolute Gasteiger partial charge is 0.394 e. The summed E-state index contributed by atoms with van der Waals surface area (Å²) in [6.45, 7) is 10.5. The maximum atomic E-state index is 14.7. The molecular formula is C46H61F2N11O3S. The zero-order valence-electron chi connectivity index (χ0n) is 36.9. The quantitative estimate of drug-likeness (QED) is 0.0722. The number of halogens is 2. The number of alkyl halides is 2. The van der Waals surface area contributed by atoms with Gasteiger partial charge >= 0.3 is 0 Å². The van der Waals surface area contributed by atoms with E-state index in [1.54, 1.807) is 32.4 Å². The van der Waals surface area contributed by atoms with Crippen LogP contribution in [0, 0.1) is 13.8 Å². The third-order valence-electron chi connectivity index (χ3n) is 12.3. The minimum atomic E-state index is -2.69. The average molecular weight is 886 g/mol. The zero-order valence-corrected chi connectivity index (χ0v) is 37.7. The molecule has 3 aliphatic heterocycles. The lowest BCUT2D eigenvalue weighted by Gasteiger charge is -2.34. The standard InChI is InChI=1S/C46H61F2N11O3S/c1-29-21-34(10-11-36(29)45(62)54-46-53-25-30(2)63-46)51-15-6-5-7-16-52-42(61)28-56-18-12-35(13-19-56)59-40-14-20-57(31(3)60)27-39(40)44(55-59)58-17-8-9-32-22-37(33(24-49)26-50-4)38(43(47)48)23-41(32)58/h10-11,21-23,25-26,35,43,50-51H,5-9,12-20,24,27-28,49H2,1-4H3,(H,52,61)(H,53,54,62)/b33-26+. The molecule has 63 heavy (non-hydrogen) atoms. The number of fused-ring (bicyclic) bond motifs is 2. The van der Waals surface area contributed by atoms with E-state index in [4.69, 9.17) is 10.8 Å². The number of aryl methyl sites for hydroxylation is 3. The molecule has 0 radical (unpaired) electrons. The monoisotopic (exact) mass is 885 g/mol. The minimum absolute atomic E-state index is 0.00251. The highest BCUT2D eigenvalue weighted by Gasteiger charge is 2.35. The normalized spacial score (nSPS) is 15.9. The molecule has 6 N–H and O–H groups in total. The topological polar surface area (TPSA) is 166 Å². The van der Waals surface area contributed by atoms with Crippen molar-refractivity contribution < 1.29 is 23.2 Å². The van der Waals surface area contributed by atoms with Gasteiger partial charge in [0.2, 0.25) is 11.8 Å². The molecule has 0 unspecified atom stereocenters. The van der Waals surface area contributed by atoms with Crippen LogP contribution < -0.4 is 31.9 Å². The number of likely N-dealkylation sites (tertiary alicyclic amines) is 1. The van der Waals surface area contributed by atoms with Crippen LogP contribution in [0.2, 0.25) is 0 Å². The Morgan fingerprint density at radius 1 is 1.00 bits per heavy atom. The van der Waals surface area contributed by atoms with Crippen molar-refractivity contribution in [2.24, 2.45) is 5.73 Å². The highest BCUT2D eigenvalue weighted by atomic mass is 32.1. The fourth-order valence-corrected chi connectivity index (χ4v) is 9.70. The van der Waals surface area contributed by atoms with Crippen LogP contribution >= 0.6 is 11.3 Å². The number of hydrogen-bond acceptors (Lipinski definition) is 11. The smallest absolute Gasteiger partial charge is 0.264 e. The zero-order chi connectivity index (χ0) is 44.6. The van der Waals surface area contributed by atoms with Crippen LogP contribution in [0.1, 0.15) is 107 Å². The molecule has 1 fully saturated rings. The summed E-state index contributed by atoms with van der Waals surface area (Å²) in [4.78, 5) is 49.7. The molecular weight excluding hydrogens is 825 g/mol. The fourth-order valence-electron chi connectivity index (χ4n) is 9.04. The number of nitrogens with one attached hydrogen (secondary N) is 4. The van der Waals surface area contributed by atoms with E-state index in [0.717, 1.165) is 109 Å². The lowest BCUT2D eigenvalue weighted by molar-refractivity contribution is -0.129. The molecule has 3 aliphatic rings. The van der Waals surface area contributed by atoms with E-state index in [-0.39, 0.29) is 35.9 Å². The van der Waals surface area contributed by atoms with Crippen LogP contribution in [-0.4, -0.2) is 102 Å². The highest BCUT2D eigenvalue weighted by molar-refractivity contribution is 7.15. The minimum Gasteiger partial charge on any atom is -0.394 e. The van der Waals surface area contributed by atoms with Crippen molar-refractivity contribution >= 4 is 57.0 Å². The third-order valence-corrected chi connectivity index (χ3v) is 13.2. The van der Waals surface area contributed by atoms with Gasteiger partial charge in [0.15, 0.2) is 10.9 Å². The van der Waals surface area contributed by atoms with Crippen LogP contribution in [0.25, 0.3) is 5.57 Å². The summed E-state index contributed by atoms with van der Waals surface area (Å²) in [5.74, 6) is 0.589. The van der Waals surface area contributed by atoms with Crippen LogP contribution in [0.15, 0.2) is 42.7 Å². The molecule has 0 atom stereocenters. The van der Waals surface area contributed by atoms with Crippen LogP contribution in [0.5, 0.6) is 0 Å². The molecule has 4 aromatic rings. The summed E-state index contributed by atoms with van der Waals surface area (Å²) < 4.78 is 31.5. The van der Waals surface area contributed by atoms with Gasteiger partial charge < -0.3 is 31.5 Å². The Bertz CT molecular complexity index is 2300. The Balaban J connectivity index is 0.902. The van der Waals surface area contributed by atoms with E-state index in [9.17, 15) is 23.2 Å². The Morgan fingerprint density at radius 3 is 2.49 bits per heavy atom. The summed E-state index contributed by atoms with van der Waals surface area (Å²) in [7, 11) is 1.73. The lowest BCUT2D eigenvalue weighted by Crippen LogP contribution is -2.42. The van der Waals surface area contributed by atoms with Gasteiger partial charge in [-0.05, 0) is 111 Å². The van der Waals surface area contributed by atoms with Gasteiger partial charge in [-0.25, -0.2) is 13.8 Å². The van der Waals surface area contributed by atoms with Gasteiger partial charge in [0, 0.05) is 117 Å². The van der Waals surface area contributed by atoms with Gasteiger partial charge in [-0.15, -0.1) is 11.3 Å². The number of nitrogens with zero attached hydrogens (tertiary/aromatic N) is 6. The van der Waals surface area contributed by atoms with E-state index in [2.05, 4.69) is 40.7 Å². The van der Waals surface area contributed by atoms with Gasteiger partial charge in [-0.3, -0.25) is 29.3 Å². The molecule has 14 nitrogen and oxygen atoms in total. The van der Waals surface area contributed by atoms with Crippen molar-refractivity contribution in [1.29, 1.82) is 0 Å². The van der Waals surface area contributed by atoms with Crippen LogP contribution in [0.3, 0.4) is 0 Å². The Labute approximate surface area is 372 Å². The third kappa shape index (κ3) is 10.9. The van der Waals surface area contributed by atoms with E-state index in [1.807, 2.05) is 43.0 Å². The van der Waals surface area contributed by atoms with Crippen LogP contribution in [0.4, 0.5) is 31.1 Å². The number of unbranched alkanes of at least 4 members (excludes halogenated alkanes) is 2. The van der Waals surface area contributed by atoms with Crippen molar-refractivity contribution in [2.45, 2.75) is 91.1 Å². The molecule has 0 aliphatic carbocycles. The number of nitrogens with two attached hydrogens (primary N) is 1.